The van der Waals surface area contributed by atoms with Crippen molar-refractivity contribution in [3.8, 4) is 5.75 Å². The first-order valence-electron chi connectivity index (χ1n) is 7.42. The average molecular weight is 339 g/mol. The molecular weight excluding hydrogens is 320 g/mol. The molecule has 0 aliphatic carbocycles. The fourth-order valence-corrected chi connectivity index (χ4v) is 2.61. The van der Waals surface area contributed by atoms with Gasteiger partial charge < -0.3 is 15.0 Å². The summed E-state index contributed by atoms with van der Waals surface area (Å²) in [5.41, 5.74) is 0.479. The maximum Gasteiger partial charge on any atom is 0.308 e. The molecule has 2 amide bonds. The lowest BCUT2D eigenvalue weighted by molar-refractivity contribution is -0.131. The van der Waals surface area contributed by atoms with Crippen LogP contribution in [0.3, 0.4) is 0 Å². The highest BCUT2D eigenvalue weighted by Gasteiger charge is 2.24. The third kappa shape index (κ3) is 4.96. The van der Waals surface area contributed by atoms with Crippen molar-refractivity contribution in [1.29, 1.82) is 0 Å². The monoisotopic (exact) mass is 338 g/mol. The summed E-state index contributed by atoms with van der Waals surface area (Å²) >= 11 is 5.47. The van der Waals surface area contributed by atoms with Gasteiger partial charge >= 0.3 is 5.97 Å². The maximum atomic E-state index is 12.5. The first-order valence-corrected chi connectivity index (χ1v) is 7.96. The van der Waals surface area contributed by atoms with E-state index in [1.54, 1.807) is 29.2 Å². The first kappa shape index (κ1) is 17.3. The number of rotatable bonds is 4. The number of carbonyl (C=O) groups is 3. The highest BCUT2D eigenvalue weighted by Crippen LogP contribution is 2.18. The third-order valence-corrected chi connectivity index (χ3v) is 3.85. The van der Waals surface area contributed by atoms with Gasteiger partial charge in [0.05, 0.1) is 0 Å². The highest BCUT2D eigenvalue weighted by molar-refractivity contribution is 6.27. The predicted molar refractivity (Wildman–Crippen MR) is 85.5 cm³/mol. The van der Waals surface area contributed by atoms with Gasteiger partial charge in [-0.1, -0.05) is 6.07 Å². The number of nitrogens with one attached hydrogen (secondary N) is 1. The van der Waals surface area contributed by atoms with Crippen molar-refractivity contribution in [2.24, 2.45) is 0 Å². The molecule has 1 saturated heterocycles. The molecule has 0 atom stereocenters. The molecule has 1 aliphatic heterocycles. The van der Waals surface area contributed by atoms with Crippen LogP contribution in [0.2, 0.25) is 0 Å². The Balaban J connectivity index is 1.94. The zero-order valence-electron chi connectivity index (χ0n) is 12.9. The molecule has 0 aromatic heterocycles. The minimum atomic E-state index is -0.426. The molecule has 1 N–H and O–H groups in total. The van der Waals surface area contributed by atoms with E-state index in [-0.39, 0.29) is 23.7 Å². The van der Waals surface area contributed by atoms with Gasteiger partial charge in [-0.25, -0.2) is 0 Å². The summed E-state index contributed by atoms with van der Waals surface area (Å²) in [5.74, 6) is -0.424. The molecule has 1 fully saturated rings. The van der Waals surface area contributed by atoms with Gasteiger partial charge in [0.1, 0.15) is 11.6 Å². The van der Waals surface area contributed by atoms with Crippen molar-refractivity contribution < 1.29 is 19.1 Å². The lowest BCUT2D eigenvalue weighted by atomic mass is 10.0. The summed E-state index contributed by atoms with van der Waals surface area (Å²) in [6.07, 6.45) is 1.38. The van der Waals surface area contributed by atoms with Crippen LogP contribution < -0.4 is 10.1 Å². The number of hydrogen-bond donors (Lipinski definition) is 1. The average Bonchev–Trinajstić information content (AvgIpc) is 2.54. The minimum Gasteiger partial charge on any atom is -0.427 e. The van der Waals surface area contributed by atoms with Gasteiger partial charge in [0.25, 0.3) is 5.91 Å². The number of alkyl halides is 1. The molecule has 0 bridgehead atoms. The SMILES string of the molecule is CC(=O)Oc1cccc(C(=O)N2CCC(NC(=O)CCl)CC2)c1. The van der Waals surface area contributed by atoms with Crippen LogP contribution in [0.25, 0.3) is 0 Å². The van der Waals surface area contributed by atoms with Gasteiger partial charge in [-0.2, -0.15) is 0 Å². The Morgan fingerprint density at radius 2 is 2.00 bits per heavy atom. The fourth-order valence-electron chi connectivity index (χ4n) is 2.53. The van der Waals surface area contributed by atoms with Gasteiger partial charge in [0.15, 0.2) is 0 Å². The number of amides is 2. The van der Waals surface area contributed by atoms with Crippen molar-refractivity contribution in [2.45, 2.75) is 25.8 Å². The lowest BCUT2D eigenvalue weighted by Crippen LogP contribution is -2.46. The summed E-state index contributed by atoms with van der Waals surface area (Å²) in [7, 11) is 0. The van der Waals surface area contributed by atoms with E-state index in [9.17, 15) is 14.4 Å². The summed E-state index contributed by atoms with van der Waals surface area (Å²) in [6, 6.07) is 6.62. The molecule has 7 heteroatoms. The van der Waals surface area contributed by atoms with Crippen LogP contribution >= 0.6 is 11.6 Å². The van der Waals surface area contributed by atoms with E-state index >= 15 is 0 Å². The Bertz CT molecular complexity index is 597. The second-order valence-corrected chi connectivity index (χ2v) is 5.66. The molecule has 124 valence electrons. The predicted octanol–water partition coefficient (Wildman–Crippen LogP) is 1.57. The van der Waals surface area contributed by atoms with Crippen molar-refractivity contribution in [3.05, 3.63) is 29.8 Å². The highest BCUT2D eigenvalue weighted by atomic mass is 35.5. The number of halogens is 1. The molecule has 0 spiro atoms. The Morgan fingerprint density at radius 1 is 1.30 bits per heavy atom. The molecule has 1 aromatic rings. The largest absolute Gasteiger partial charge is 0.427 e. The van der Waals surface area contributed by atoms with Gasteiger partial charge in [-0.15, -0.1) is 11.6 Å². The number of hydrogen-bond acceptors (Lipinski definition) is 4. The molecule has 6 nitrogen and oxygen atoms in total. The fraction of sp³-hybridized carbons (Fsp3) is 0.438. The zero-order valence-corrected chi connectivity index (χ0v) is 13.6. The third-order valence-electron chi connectivity index (χ3n) is 3.61. The lowest BCUT2D eigenvalue weighted by Gasteiger charge is -2.32. The second-order valence-electron chi connectivity index (χ2n) is 5.39. The van der Waals surface area contributed by atoms with E-state index in [4.69, 9.17) is 16.3 Å². The number of esters is 1. The summed E-state index contributed by atoms with van der Waals surface area (Å²) in [4.78, 5) is 36.5. The molecule has 0 saturated carbocycles. The molecule has 1 aromatic carbocycles. The van der Waals surface area contributed by atoms with Crippen molar-refractivity contribution in [2.75, 3.05) is 19.0 Å². The van der Waals surface area contributed by atoms with Crippen LogP contribution in [0.4, 0.5) is 0 Å². The van der Waals surface area contributed by atoms with Gasteiger partial charge in [-0.3, -0.25) is 14.4 Å². The smallest absolute Gasteiger partial charge is 0.308 e. The van der Waals surface area contributed by atoms with Gasteiger partial charge in [-0.05, 0) is 31.0 Å². The van der Waals surface area contributed by atoms with E-state index in [1.807, 2.05) is 0 Å². The summed E-state index contributed by atoms with van der Waals surface area (Å²) < 4.78 is 5.00. The Kier molecular flexibility index (Phi) is 5.98. The van der Waals surface area contributed by atoms with E-state index in [0.29, 0.717) is 37.2 Å². The normalized spacial score (nSPS) is 15.1. The Hall–Kier alpha value is -2.08. The van der Waals surface area contributed by atoms with Crippen LogP contribution in [0.15, 0.2) is 24.3 Å². The van der Waals surface area contributed by atoms with Crippen LogP contribution in [0.5, 0.6) is 5.75 Å². The molecule has 1 heterocycles. The maximum absolute atomic E-state index is 12.5. The molecular formula is C16H19ClN2O4. The summed E-state index contributed by atoms with van der Waals surface area (Å²) in [6.45, 7) is 2.43. The van der Waals surface area contributed by atoms with Crippen LogP contribution in [0, 0.1) is 0 Å². The minimum absolute atomic E-state index is 0.0534. The van der Waals surface area contributed by atoms with Crippen molar-refractivity contribution in [3.63, 3.8) is 0 Å². The molecule has 0 unspecified atom stereocenters. The van der Waals surface area contributed by atoms with Gasteiger partial charge in [0, 0.05) is 31.6 Å². The molecule has 2 rings (SSSR count). The van der Waals surface area contributed by atoms with E-state index in [2.05, 4.69) is 5.32 Å². The number of likely N-dealkylation sites (tertiary alicyclic amines) is 1. The Morgan fingerprint density at radius 3 is 2.61 bits per heavy atom. The standard InChI is InChI=1S/C16H19ClN2O4/c1-11(20)23-14-4-2-3-12(9-14)16(22)19-7-5-13(6-8-19)18-15(21)10-17/h2-4,9,13H,5-8,10H2,1H3,(H,18,21). The van der Waals surface area contributed by atoms with Crippen molar-refractivity contribution >= 4 is 29.4 Å². The topological polar surface area (TPSA) is 75.7 Å². The van der Waals surface area contributed by atoms with E-state index in [0.717, 1.165) is 0 Å². The first-order chi connectivity index (χ1) is 11.0. The quantitative estimate of drug-likeness (QED) is 0.513. The summed E-state index contributed by atoms with van der Waals surface area (Å²) in [5, 5.41) is 2.83. The van der Waals surface area contributed by atoms with Crippen LogP contribution in [-0.4, -0.2) is 47.7 Å². The number of nitrogens with zero attached hydrogens (tertiary/aromatic N) is 1. The second kappa shape index (κ2) is 7.97. The number of ether oxygens (including phenoxy) is 1. The molecule has 0 radical (unpaired) electrons. The zero-order chi connectivity index (χ0) is 16.8. The number of piperidine rings is 1. The Labute approximate surface area is 139 Å². The number of benzene rings is 1. The number of carbonyl (C=O) groups excluding carboxylic acids is 3. The van der Waals surface area contributed by atoms with Gasteiger partial charge in [0.2, 0.25) is 5.91 Å². The van der Waals surface area contributed by atoms with E-state index in [1.165, 1.54) is 6.92 Å². The van der Waals surface area contributed by atoms with Crippen LogP contribution in [0.1, 0.15) is 30.1 Å². The molecule has 1 aliphatic rings. The van der Waals surface area contributed by atoms with Crippen molar-refractivity contribution in [1.82, 2.24) is 10.2 Å². The molecule has 23 heavy (non-hydrogen) atoms. The van der Waals surface area contributed by atoms with Crippen LogP contribution in [-0.2, 0) is 9.59 Å². The van der Waals surface area contributed by atoms with E-state index < -0.39 is 5.97 Å².